The van der Waals surface area contributed by atoms with Gasteiger partial charge in [0.15, 0.2) is 5.96 Å². The fraction of sp³-hybridized carbons (Fsp3) is 0.567. The molecule has 0 saturated heterocycles. The first kappa shape index (κ1) is 37.5. The van der Waals surface area contributed by atoms with E-state index in [0.717, 1.165) is 5.56 Å². The Morgan fingerprint density at radius 1 is 0.841 bits per heavy atom. The van der Waals surface area contributed by atoms with Crippen LogP contribution >= 0.6 is 0 Å². The van der Waals surface area contributed by atoms with Gasteiger partial charge in [0, 0.05) is 19.9 Å². The number of hydrogen-bond donors (Lipinski definition) is 8. The number of carbonyl (C=O) groups excluding carboxylic acids is 6. The van der Waals surface area contributed by atoms with E-state index in [9.17, 15) is 28.8 Å². The highest BCUT2D eigenvalue weighted by Crippen LogP contribution is 2.13. The average molecular weight is 617 g/mol. The van der Waals surface area contributed by atoms with Crippen molar-refractivity contribution in [1.29, 1.82) is 5.41 Å². The Balaban J connectivity index is 3.10. The van der Waals surface area contributed by atoms with E-state index in [-0.39, 0.29) is 37.7 Å². The van der Waals surface area contributed by atoms with Crippen LogP contribution < -0.4 is 38.1 Å². The molecule has 0 radical (unpaired) electrons. The van der Waals surface area contributed by atoms with Gasteiger partial charge in [0.2, 0.25) is 29.4 Å². The zero-order chi connectivity index (χ0) is 33.4. The Bertz CT molecular complexity index is 1160. The van der Waals surface area contributed by atoms with Gasteiger partial charge in [0.1, 0.15) is 18.1 Å². The van der Waals surface area contributed by atoms with Crippen LogP contribution in [0.3, 0.4) is 0 Å². The van der Waals surface area contributed by atoms with Crippen molar-refractivity contribution in [3.8, 4) is 0 Å². The fourth-order valence-corrected chi connectivity index (χ4v) is 4.42. The molecule has 0 aliphatic carbocycles. The number of primary amides is 1. The maximum Gasteiger partial charge on any atom is 0.290 e. The number of hydrogen-bond acceptors (Lipinski definition) is 7. The molecule has 10 N–H and O–H groups in total. The van der Waals surface area contributed by atoms with E-state index in [1.165, 1.54) is 6.92 Å². The normalized spacial score (nSPS) is 14.2. The van der Waals surface area contributed by atoms with Crippen LogP contribution in [-0.4, -0.2) is 72.0 Å². The van der Waals surface area contributed by atoms with E-state index in [1.54, 1.807) is 13.8 Å². The van der Waals surface area contributed by atoms with Crippen LogP contribution in [0.4, 0.5) is 0 Å². The van der Waals surface area contributed by atoms with E-state index >= 15 is 0 Å². The molecule has 14 heteroatoms. The third kappa shape index (κ3) is 13.7. The topological polar surface area (TPSA) is 238 Å². The second kappa shape index (κ2) is 18.9. The summed E-state index contributed by atoms with van der Waals surface area (Å²) in [5.41, 5.74) is 11.5. The summed E-state index contributed by atoms with van der Waals surface area (Å²) in [6.45, 7) is 8.76. The summed E-state index contributed by atoms with van der Waals surface area (Å²) in [5, 5.41) is 20.1. The molecule has 1 aromatic rings. The van der Waals surface area contributed by atoms with Crippen LogP contribution in [-0.2, 0) is 35.2 Å². The lowest BCUT2D eigenvalue weighted by Crippen LogP contribution is -2.59. The van der Waals surface area contributed by atoms with Crippen molar-refractivity contribution in [1.82, 2.24) is 26.6 Å². The van der Waals surface area contributed by atoms with Crippen molar-refractivity contribution in [3.63, 3.8) is 0 Å². The van der Waals surface area contributed by atoms with Crippen LogP contribution in [0.2, 0.25) is 0 Å². The van der Waals surface area contributed by atoms with Crippen LogP contribution in [0.5, 0.6) is 0 Å². The van der Waals surface area contributed by atoms with Gasteiger partial charge in [-0.25, -0.2) is 0 Å². The molecule has 244 valence electrons. The fourth-order valence-electron chi connectivity index (χ4n) is 4.42. The van der Waals surface area contributed by atoms with E-state index < -0.39 is 65.4 Å². The molecule has 0 spiro atoms. The highest BCUT2D eigenvalue weighted by molar-refractivity contribution is 6.38. The largest absolute Gasteiger partial charge is 0.370 e. The number of carbonyl (C=O) groups is 6. The first-order valence-corrected chi connectivity index (χ1v) is 14.8. The maximum absolute atomic E-state index is 13.5. The second-order valence-corrected chi connectivity index (χ2v) is 11.3. The third-order valence-electron chi connectivity index (χ3n) is 6.97. The Morgan fingerprint density at radius 3 is 1.98 bits per heavy atom. The summed E-state index contributed by atoms with van der Waals surface area (Å²) >= 11 is 0. The van der Waals surface area contributed by atoms with Gasteiger partial charge in [-0.2, -0.15) is 0 Å². The lowest BCUT2D eigenvalue weighted by molar-refractivity contribution is -0.142. The second-order valence-electron chi connectivity index (χ2n) is 11.3. The number of nitrogens with two attached hydrogens (primary N) is 2. The van der Waals surface area contributed by atoms with Crippen molar-refractivity contribution in [2.45, 2.75) is 90.9 Å². The number of guanidine groups is 1. The number of Topliss-reactive ketones (excluding diaryl/α,β-unsaturated/α-hetero) is 1. The molecule has 1 aromatic carbocycles. The molecule has 14 nitrogen and oxygen atoms in total. The summed E-state index contributed by atoms with van der Waals surface area (Å²) in [4.78, 5) is 76.9. The van der Waals surface area contributed by atoms with Crippen molar-refractivity contribution < 1.29 is 28.8 Å². The molecule has 0 saturated carbocycles. The highest BCUT2D eigenvalue weighted by Gasteiger charge is 2.35. The summed E-state index contributed by atoms with van der Waals surface area (Å²) in [7, 11) is 0. The Morgan fingerprint density at radius 2 is 1.45 bits per heavy atom. The van der Waals surface area contributed by atoms with Gasteiger partial charge in [-0.05, 0) is 36.7 Å². The zero-order valence-corrected chi connectivity index (χ0v) is 26.2. The smallest absolute Gasteiger partial charge is 0.290 e. The van der Waals surface area contributed by atoms with Crippen molar-refractivity contribution in [2.75, 3.05) is 6.54 Å². The Kier molecular flexibility index (Phi) is 16.1. The molecule has 5 amide bonds. The zero-order valence-electron chi connectivity index (χ0n) is 26.2. The van der Waals surface area contributed by atoms with Gasteiger partial charge in [0.05, 0.1) is 6.04 Å². The predicted molar refractivity (Wildman–Crippen MR) is 166 cm³/mol. The molecule has 44 heavy (non-hydrogen) atoms. The molecule has 0 aromatic heterocycles. The van der Waals surface area contributed by atoms with E-state index in [1.807, 2.05) is 44.2 Å². The summed E-state index contributed by atoms with van der Waals surface area (Å²) < 4.78 is 0. The number of benzene rings is 1. The van der Waals surface area contributed by atoms with Crippen LogP contribution in [0.15, 0.2) is 30.3 Å². The molecule has 1 unspecified atom stereocenters. The first-order valence-electron chi connectivity index (χ1n) is 14.8. The maximum atomic E-state index is 13.5. The minimum absolute atomic E-state index is 0.0331. The van der Waals surface area contributed by atoms with Crippen LogP contribution in [0.25, 0.3) is 0 Å². The monoisotopic (exact) mass is 616 g/mol. The summed E-state index contributed by atoms with van der Waals surface area (Å²) in [6.07, 6.45) is 1.27. The van der Waals surface area contributed by atoms with E-state index in [0.29, 0.717) is 12.8 Å². The van der Waals surface area contributed by atoms with Gasteiger partial charge in [-0.15, -0.1) is 0 Å². The summed E-state index contributed by atoms with van der Waals surface area (Å²) in [5.74, 6) is -5.29. The number of nitrogens with one attached hydrogen (secondary N) is 6. The van der Waals surface area contributed by atoms with Crippen molar-refractivity contribution >= 4 is 41.3 Å². The molecule has 0 bridgehead atoms. The number of rotatable bonds is 19. The molecule has 0 heterocycles. The lowest BCUT2D eigenvalue weighted by atomic mass is 9.93. The van der Waals surface area contributed by atoms with Gasteiger partial charge in [-0.1, -0.05) is 64.4 Å². The van der Waals surface area contributed by atoms with Crippen LogP contribution in [0, 0.1) is 17.2 Å². The van der Waals surface area contributed by atoms with Gasteiger partial charge in [-0.3, -0.25) is 34.2 Å². The number of ketones is 1. The average Bonchev–Trinajstić information content (AvgIpc) is 2.95. The van der Waals surface area contributed by atoms with Crippen molar-refractivity contribution in [2.24, 2.45) is 23.3 Å². The standard InChI is InChI=1S/C30H48N8O6/c1-6-18(4)24(25(40)29(44)36-21(26(31)41)13-10-14-34-30(32)33)38-28(43)22(15-17(2)3)37-27(42)23(35-19(5)39)16-20-11-8-7-9-12-20/h7-9,11-12,17-18,21-24H,6,10,13-16H2,1-5H3,(H2,31,41)(H,35,39)(H,36,44)(H,37,42)(H,38,43)(H4,32,33,34)/t18-,21+,22-,23-,24?/m0/s1. The van der Waals surface area contributed by atoms with E-state index in [4.69, 9.17) is 16.9 Å². The Hall–Kier alpha value is -4.49. The minimum Gasteiger partial charge on any atom is -0.370 e. The molecule has 0 aliphatic heterocycles. The number of amides is 5. The Labute approximate surface area is 258 Å². The third-order valence-corrected chi connectivity index (χ3v) is 6.97. The molecule has 1 rings (SSSR count). The van der Waals surface area contributed by atoms with E-state index in [2.05, 4.69) is 26.6 Å². The quantitative estimate of drug-likeness (QED) is 0.0439. The first-order chi connectivity index (χ1) is 20.7. The van der Waals surface area contributed by atoms with Gasteiger partial charge >= 0.3 is 0 Å². The molecular formula is C30H48N8O6. The summed E-state index contributed by atoms with van der Waals surface area (Å²) in [6, 6.07) is 4.67. The lowest BCUT2D eigenvalue weighted by Gasteiger charge is -2.28. The molecule has 0 aliphatic rings. The van der Waals surface area contributed by atoms with Crippen LogP contribution in [0.1, 0.15) is 65.9 Å². The SMILES string of the molecule is CC[C@H](C)C(NC(=O)[C@H](CC(C)C)NC(=O)[C@H](Cc1ccccc1)NC(C)=O)C(=O)C(=O)N[C@H](CCCNC(=N)N)C(N)=O. The van der Waals surface area contributed by atoms with Crippen molar-refractivity contribution in [3.05, 3.63) is 35.9 Å². The van der Waals surface area contributed by atoms with Gasteiger partial charge in [0.25, 0.3) is 5.91 Å². The predicted octanol–water partition coefficient (Wildman–Crippen LogP) is -0.402. The van der Waals surface area contributed by atoms with Gasteiger partial charge < -0.3 is 38.1 Å². The molecule has 0 fully saturated rings. The molecular weight excluding hydrogens is 568 g/mol. The molecule has 5 atom stereocenters. The minimum atomic E-state index is -1.25. The highest BCUT2D eigenvalue weighted by atomic mass is 16.2.